The number of aliphatic hydroxyl groups is 2. The van der Waals surface area contributed by atoms with Gasteiger partial charge >= 0.3 is 0 Å². The highest BCUT2D eigenvalue weighted by atomic mass is 16.7. The minimum absolute atomic E-state index is 0.160. The molecule has 0 aromatic carbocycles. The molecule has 9 fully saturated rings. The Labute approximate surface area is 359 Å². The van der Waals surface area contributed by atoms with E-state index in [2.05, 4.69) is 39.0 Å². The molecule has 6 bridgehead atoms. The van der Waals surface area contributed by atoms with Gasteiger partial charge in [-0.1, -0.05) is 54.2 Å². The number of ether oxygens (including phenoxy) is 6. The first-order chi connectivity index (χ1) is 29.0. The Morgan fingerprint density at radius 2 is 0.850 bits per heavy atom. The van der Waals surface area contributed by atoms with Crippen LogP contribution in [0.5, 0.6) is 0 Å². The Morgan fingerprint density at radius 3 is 1.28 bits per heavy atom. The van der Waals surface area contributed by atoms with Gasteiger partial charge in [-0.25, -0.2) is 0 Å². The van der Waals surface area contributed by atoms with Crippen LogP contribution in [-0.4, -0.2) is 85.2 Å². The summed E-state index contributed by atoms with van der Waals surface area (Å²) in [6.07, 6.45) is 29.7. The molecule has 3 spiro atoms. The molecular formula is C51H76O9. The smallest absolute Gasteiger partial charge is 0.172 e. The highest BCUT2D eigenvalue weighted by Gasteiger charge is 2.67. The van der Waals surface area contributed by atoms with E-state index in [1.54, 1.807) is 0 Å². The average molecular weight is 833 g/mol. The Kier molecular flexibility index (Phi) is 11.5. The molecule has 12 rings (SSSR count). The van der Waals surface area contributed by atoms with E-state index in [1.807, 2.05) is 0 Å². The number of rotatable bonds is 0. The maximum atomic E-state index is 12.7. The van der Waals surface area contributed by atoms with Gasteiger partial charge in [-0.2, -0.15) is 0 Å². The third-order valence-electron chi connectivity index (χ3n) is 19.0. The molecule has 3 saturated heterocycles. The Hall–Kier alpha value is -1.43. The largest absolute Gasteiger partial charge is 0.392 e. The standard InChI is InChI=1S/2C17H26O3.C17H24O3/c3*1-12-4-6-16-5-2-3-13(14(18)11-12)15(16)17(8-7-16)19-9-10-20-17/h2*4,13-15,18H,2-3,5-11H2,1H3;4,13,15H,2-3,5-11H2,1H3/b3*12-4-/t2*13?,14-,15?,16?;/m10./s1. The van der Waals surface area contributed by atoms with Crippen LogP contribution in [0, 0.1) is 51.8 Å². The zero-order chi connectivity index (χ0) is 41.4. The fourth-order valence-electron chi connectivity index (χ4n) is 16.6. The van der Waals surface area contributed by atoms with E-state index in [9.17, 15) is 15.0 Å². The van der Waals surface area contributed by atoms with Gasteiger partial charge in [0.25, 0.3) is 0 Å². The summed E-state index contributed by atoms with van der Waals surface area (Å²) in [4.78, 5) is 12.7. The van der Waals surface area contributed by atoms with E-state index in [-0.39, 0.29) is 35.1 Å². The molecule has 3 heterocycles. The summed E-state index contributed by atoms with van der Waals surface area (Å²) in [5.74, 6) is 1.21. The lowest BCUT2D eigenvalue weighted by Gasteiger charge is -2.50. The molecule has 6 saturated carbocycles. The van der Waals surface area contributed by atoms with Gasteiger partial charge in [0.15, 0.2) is 17.4 Å². The van der Waals surface area contributed by atoms with Crippen molar-refractivity contribution in [3.8, 4) is 0 Å². The first-order valence-corrected chi connectivity index (χ1v) is 24.7. The molecule has 2 N–H and O–H groups in total. The van der Waals surface area contributed by atoms with E-state index >= 15 is 0 Å². The number of ketones is 1. The lowest BCUT2D eigenvalue weighted by atomic mass is 9.58. The number of carbonyl (C=O) groups excluding carboxylic acids is 1. The fraction of sp³-hybridized carbons (Fsp3) is 0.863. The molecular weight excluding hydrogens is 757 g/mol. The first-order valence-electron chi connectivity index (χ1n) is 24.7. The SMILES string of the molecule is C/C1=C/CC23CCCC(C(=O)C1)C2C1(CC3)OCCO1.C/C1=C/CC23CCCC(C2C2(CC3)OCCO2)[C@@H](O)C1.C/C1=C/CC23CCCC(C2C2(CC3)OCCO2)[C@H](O)C1. The number of hydrogen-bond acceptors (Lipinski definition) is 9. The lowest BCUT2D eigenvalue weighted by molar-refractivity contribution is -0.224. The summed E-state index contributed by atoms with van der Waals surface area (Å²) in [5.41, 5.74) is 4.86. The van der Waals surface area contributed by atoms with Crippen molar-refractivity contribution >= 4 is 5.78 Å². The summed E-state index contributed by atoms with van der Waals surface area (Å²) >= 11 is 0. The van der Waals surface area contributed by atoms with Crippen LogP contribution in [0.25, 0.3) is 0 Å². The van der Waals surface area contributed by atoms with Crippen molar-refractivity contribution in [1.29, 1.82) is 0 Å². The summed E-state index contributed by atoms with van der Waals surface area (Å²) in [6.45, 7) is 10.7. The Balaban J connectivity index is 0.000000108. The number of allylic oxidation sites excluding steroid dienone is 4. The van der Waals surface area contributed by atoms with Crippen LogP contribution in [0.2, 0.25) is 0 Å². The maximum absolute atomic E-state index is 12.7. The summed E-state index contributed by atoms with van der Waals surface area (Å²) in [5, 5.41) is 21.5. The molecule has 9 heteroatoms. The second kappa shape index (κ2) is 16.2. The van der Waals surface area contributed by atoms with Crippen LogP contribution in [0.4, 0.5) is 0 Å². The molecule has 9 aliphatic carbocycles. The second-order valence-electron chi connectivity index (χ2n) is 22.1. The monoisotopic (exact) mass is 833 g/mol. The highest BCUT2D eigenvalue weighted by molar-refractivity contribution is 5.84. The van der Waals surface area contributed by atoms with Crippen molar-refractivity contribution in [1.82, 2.24) is 0 Å². The number of carbonyl (C=O) groups is 1. The van der Waals surface area contributed by atoms with E-state index in [4.69, 9.17) is 28.4 Å². The number of Topliss-reactive ketones (excluding diaryl/α,β-unsaturated/α-hetero) is 1. The minimum atomic E-state index is -0.431. The molecule has 0 amide bonds. The third-order valence-corrected chi connectivity index (χ3v) is 19.0. The molecule has 9 unspecified atom stereocenters. The van der Waals surface area contributed by atoms with Gasteiger partial charge in [0.05, 0.1) is 51.8 Å². The minimum Gasteiger partial charge on any atom is -0.392 e. The predicted octanol–water partition coefficient (Wildman–Crippen LogP) is 9.29. The van der Waals surface area contributed by atoms with Crippen LogP contribution in [-0.2, 0) is 33.2 Å². The van der Waals surface area contributed by atoms with Crippen LogP contribution in [0.1, 0.15) is 156 Å². The molecule has 0 aromatic heterocycles. The van der Waals surface area contributed by atoms with Gasteiger partial charge in [0.2, 0.25) is 0 Å². The molecule has 9 nitrogen and oxygen atoms in total. The lowest BCUT2D eigenvalue weighted by Crippen LogP contribution is -2.51. The van der Waals surface area contributed by atoms with Gasteiger partial charge in [-0.05, 0) is 139 Å². The van der Waals surface area contributed by atoms with Crippen molar-refractivity contribution in [2.24, 2.45) is 51.8 Å². The van der Waals surface area contributed by atoms with Gasteiger partial charge in [-0.3, -0.25) is 4.79 Å². The Morgan fingerprint density at radius 1 is 0.483 bits per heavy atom. The van der Waals surface area contributed by atoms with E-state index in [1.165, 1.54) is 68.1 Å². The van der Waals surface area contributed by atoms with E-state index in [0.29, 0.717) is 65.8 Å². The fourth-order valence-corrected chi connectivity index (χ4v) is 16.6. The zero-order valence-corrected chi connectivity index (χ0v) is 37.2. The van der Waals surface area contributed by atoms with Crippen LogP contribution >= 0.6 is 0 Å². The summed E-state index contributed by atoms with van der Waals surface area (Å²) in [7, 11) is 0. The van der Waals surface area contributed by atoms with Gasteiger partial charge in [-0.15, -0.1) is 0 Å². The second-order valence-corrected chi connectivity index (χ2v) is 22.1. The molecule has 0 aromatic rings. The van der Waals surface area contributed by atoms with Gasteiger partial charge in [0.1, 0.15) is 5.78 Å². The van der Waals surface area contributed by atoms with E-state index < -0.39 is 5.79 Å². The van der Waals surface area contributed by atoms with Crippen molar-refractivity contribution in [3.05, 3.63) is 34.9 Å². The number of hydrogen-bond donors (Lipinski definition) is 2. The Bertz CT molecular complexity index is 1620. The normalized spacial score (nSPS) is 48.1. The summed E-state index contributed by atoms with van der Waals surface area (Å²) in [6, 6.07) is 0. The maximum Gasteiger partial charge on any atom is 0.172 e. The van der Waals surface area contributed by atoms with Crippen molar-refractivity contribution in [2.45, 2.75) is 185 Å². The van der Waals surface area contributed by atoms with Gasteiger partial charge in [0, 0.05) is 49.4 Å². The molecule has 12 aliphatic rings. The molecule has 334 valence electrons. The molecule has 60 heavy (non-hydrogen) atoms. The topological polar surface area (TPSA) is 113 Å². The molecule has 11 atom stereocenters. The van der Waals surface area contributed by atoms with Crippen molar-refractivity contribution in [3.63, 3.8) is 0 Å². The quantitative estimate of drug-likeness (QED) is 0.231. The van der Waals surface area contributed by atoms with Crippen molar-refractivity contribution < 1.29 is 43.4 Å². The summed E-state index contributed by atoms with van der Waals surface area (Å²) < 4.78 is 36.6. The van der Waals surface area contributed by atoms with Crippen molar-refractivity contribution in [2.75, 3.05) is 39.6 Å². The molecule has 0 radical (unpaired) electrons. The third kappa shape index (κ3) is 7.04. The zero-order valence-electron chi connectivity index (χ0n) is 37.2. The van der Waals surface area contributed by atoms with Crippen LogP contribution < -0.4 is 0 Å². The van der Waals surface area contributed by atoms with E-state index in [0.717, 1.165) is 103 Å². The number of aliphatic hydroxyl groups excluding tert-OH is 2. The average Bonchev–Trinajstić information content (AvgIpc) is 4.12. The van der Waals surface area contributed by atoms with Crippen LogP contribution in [0.3, 0.4) is 0 Å². The molecule has 3 aliphatic heterocycles. The highest BCUT2D eigenvalue weighted by Crippen LogP contribution is 2.67. The first kappa shape index (κ1) is 42.5. The van der Waals surface area contributed by atoms with Gasteiger partial charge < -0.3 is 38.6 Å². The predicted molar refractivity (Wildman–Crippen MR) is 227 cm³/mol. The van der Waals surface area contributed by atoms with Crippen LogP contribution in [0.15, 0.2) is 34.9 Å².